The van der Waals surface area contributed by atoms with E-state index in [4.69, 9.17) is 9.57 Å². The van der Waals surface area contributed by atoms with Crippen LogP contribution in [0.5, 0.6) is 11.5 Å². The molecule has 0 fully saturated rings. The van der Waals surface area contributed by atoms with Crippen LogP contribution in [-0.4, -0.2) is 18.8 Å². The maximum Gasteiger partial charge on any atom is 0.319 e. The Hall–Kier alpha value is -2.04. The maximum atomic E-state index is 10.9. The second-order valence-electron chi connectivity index (χ2n) is 2.74. The first-order valence-electron chi connectivity index (χ1n) is 4.26. The Morgan fingerprint density at radius 2 is 1.80 bits per heavy atom. The average molecular weight is 209 g/mol. The molecule has 5 nitrogen and oxygen atoms in total. The van der Waals surface area contributed by atoms with E-state index in [1.165, 1.54) is 7.11 Å². The molecule has 1 amide bonds. The molecule has 5 heteroatoms. The lowest BCUT2D eigenvalue weighted by Crippen LogP contribution is -2.32. The van der Waals surface area contributed by atoms with Crippen molar-refractivity contribution in [2.75, 3.05) is 7.11 Å². The summed E-state index contributed by atoms with van der Waals surface area (Å²) in [6.45, 7) is 1.15. The zero-order chi connectivity index (χ0) is 11.3. The standard InChI is InChI=1S/C10H11NO4/c1-7(12)10(13)11-15-9-6-4-3-5-8(9)14-2/h3-6H,1-2H3,(H,11,13). The van der Waals surface area contributed by atoms with Gasteiger partial charge in [0.2, 0.25) is 5.78 Å². The topological polar surface area (TPSA) is 64.6 Å². The minimum absolute atomic E-state index is 0.342. The molecule has 0 spiro atoms. The van der Waals surface area contributed by atoms with Crippen LogP contribution in [0.25, 0.3) is 0 Å². The minimum atomic E-state index is -0.805. The predicted molar refractivity (Wildman–Crippen MR) is 52.4 cm³/mol. The zero-order valence-corrected chi connectivity index (χ0v) is 8.44. The Labute approximate surface area is 86.9 Å². The number of amides is 1. The van der Waals surface area contributed by atoms with Gasteiger partial charge in [0.05, 0.1) is 7.11 Å². The van der Waals surface area contributed by atoms with Gasteiger partial charge in [0, 0.05) is 6.92 Å². The third-order valence-electron chi connectivity index (χ3n) is 1.64. The zero-order valence-electron chi connectivity index (χ0n) is 8.44. The van der Waals surface area contributed by atoms with Crippen LogP contribution in [0.2, 0.25) is 0 Å². The molecule has 1 aromatic rings. The van der Waals surface area contributed by atoms with Crippen LogP contribution in [0.1, 0.15) is 6.92 Å². The van der Waals surface area contributed by atoms with E-state index in [9.17, 15) is 9.59 Å². The first kappa shape index (κ1) is 11.0. The van der Waals surface area contributed by atoms with Crippen LogP contribution in [-0.2, 0) is 9.59 Å². The Bertz CT molecular complexity index is 375. The number of benzene rings is 1. The number of methoxy groups -OCH3 is 1. The van der Waals surface area contributed by atoms with Crippen molar-refractivity contribution in [2.24, 2.45) is 0 Å². The van der Waals surface area contributed by atoms with Crippen molar-refractivity contribution in [1.82, 2.24) is 5.48 Å². The lowest BCUT2D eigenvalue weighted by atomic mass is 10.3. The van der Waals surface area contributed by atoms with Crippen molar-refractivity contribution >= 4 is 11.7 Å². The number of ether oxygens (including phenoxy) is 1. The van der Waals surface area contributed by atoms with Gasteiger partial charge in [-0.05, 0) is 12.1 Å². The van der Waals surface area contributed by atoms with E-state index in [1.54, 1.807) is 24.3 Å². The van der Waals surface area contributed by atoms with Crippen LogP contribution in [0.3, 0.4) is 0 Å². The van der Waals surface area contributed by atoms with Crippen molar-refractivity contribution < 1.29 is 19.2 Å². The first-order chi connectivity index (χ1) is 7.15. The molecule has 1 aromatic carbocycles. The number of ketones is 1. The first-order valence-corrected chi connectivity index (χ1v) is 4.26. The second-order valence-corrected chi connectivity index (χ2v) is 2.74. The van der Waals surface area contributed by atoms with Crippen LogP contribution in [0.15, 0.2) is 24.3 Å². The third kappa shape index (κ3) is 2.98. The molecule has 0 saturated heterocycles. The average Bonchev–Trinajstić information content (AvgIpc) is 2.26. The number of hydrogen-bond acceptors (Lipinski definition) is 4. The molecule has 0 aliphatic rings. The van der Waals surface area contributed by atoms with Gasteiger partial charge in [0.25, 0.3) is 0 Å². The number of rotatable bonds is 4. The maximum absolute atomic E-state index is 10.9. The second kappa shape index (κ2) is 4.99. The number of para-hydroxylation sites is 2. The van der Waals surface area contributed by atoms with Crippen molar-refractivity contribution in [3.05, 3.63) is 24.3 Å². The van der Waals surface area contributed by atoms with Gasteiger partial charge in [-0.3, -0.25) is 9.59 Å². The third-order valence-corrected chi connectivity index (χ3v) is 1.64. The number of carbonyl (C=O) groups excluding carboxylic acids is 2. The van der Waals surface area contributed by atoms with Crippen LogP contribution < -0.4 is 15.1 Å². The summed E-state index contributed by atoms with van der Waals surface area (Å²) in [6.07, 6.45) is 0. The van der Waals surface area contributed by atoms with E-state index in [-0.39, 0.29) is 0 Å². The van der Waals surface area contributed by atoms with Crippen molar-refractivity contribution in [3.63, 3.8) is 0 Å². The fourth-order valence-corrected chi connectivity index (χ4v) is 0.876. The highest BCUT2D eigenvalue weighted by atomic mass is 16.7. The van der Waals surface area contributed by atoms with Crippen molar-refractivity contribution in [3.8, 4) is 11.5 Å². The van der Waals surface area contributed by atoms with E-state index in [1.807, 2.05) is 5.48 Å². The fraction of sp³-hybridized carbons (Fsp3) is 0.200. The van der Waals surface area contributed by atoms with E-state index in [2.05, 4.69) is 0 Å². The van der Waals surface area contributed by atoms with E-state index in [0.717, 1.165) is 6.92 Å². The summed E-state index contributed by atoms with van der Waals surface area (Å²) >= 11 is 0. The summed E-state index contributed by atoms with van der Waals surface area (Å²) < 4.78 is 4.98. The van der Waals surface area contributed by atoms with Crippen LogP contribution in [0.4, 0.5) is 0 Å². The lowest BCUT2D eigenvalue weighted by Gasteiger charge is -2.08. The molecule has 0 radical (unpaired) electrons. The van der Waals surface area contributed by atoms with Gasteiger partial charge < -0.3 is 9.57 Å². The summed E-state index contributed by atoms with van der Waals surface area (Å²) in [5.74, 6) is -0.609. The van der Waals surface area contributed by atoms with Gasteiger partial charge in [-0.1, -0.05) is 12.1 Å². The van der Waals surface area contributed by atoms with E-state index < -0.39 is 11.7 Å². The number of nitrogens with one attached hydrogen (secondary N) is 1. The quantitative estimate of drug-likeness (QED) is 0.585. The van der Waals surface area contributed by atoms with E-state index in [0.29, 0.717) is 11.5 Å². The Balaban J connectivity index is 2.65. The highest BCUT2D eigenvalue weighted by molar-refractivity contribution is 6.34. The summed E-state index contributed by atoms with van der Waals surface area (Å²) in [5.41, 5.74) is 2.00. The number of hydrogen-bond donors (Lipinski definition) is 1. The Kier molecular flexibility index (Phi) is 3.68. The summed E-state index contributed by atoms with van der Waals surface area (Å²) in [6, 6.07) is 6.77. The van der Waals surface area contributed by atoms with Gasteiger partial charge in [-0.15, -0.1) is 0 Å². The summed E-state index contributed by atoms with van der Waals surface area (Å²) in [5, 5.41) is 0. The van der Waals surface area contributed by atoms with Gasteiger partial charge in [0.1, 0.15) is 0 Å². The van der Waals surface area contributed by atoms with Crippen LogP contribution in [0, 0.1) is 0 Å². The monoisotopic (exact) mass is 209 g/mol. The summed E-state index contributed by atoms with van der Waals surface area (Å²) in [7, 11) is 1.48. The minimum Gasteiger partial charge on any atom is -0.493 e. The molecule has 15 heavy (non-hydrogen) atoms. The molecule has 0 saturated carbocycles. The van der Waals surface area contributed by atoms with Crippen molar-refractivity contribution in [1.29, 1.82) is 0 Å². The molecular formula is C10H11NO4. The SMILES string of the molecule is COc1ccccc1ONC(=O)C(C)=O. The van der Waals surface area contributed by atoms with Gasteiger partial charge in [-0.25, -0.2) is 0 Å². The highest BCUT2D eigenvalue weighted by Gasteiger charge is 2.09. The molecule has 0 heterocycles. The molecule has 0 bridgehead atoms. The number of carbonyl (C=O) groups is 2. The van der Waals surface area contributed by atoms with Crippen LogP contribution >= 0.6 is 0 Å². The summed E-state index contributed by atoms with van der Waals surface area (Å²) in [4.78, 5) is 26.4. The molecule has 80 valence electrons. The molecule has 1 N–H and O–H groups in total. The van der Waals surface area contributed by atoms with Gasteiger partial charge in [-0.2, -0.15) is 5.48 Å². The number of Topliss-reactive ketones (excluding diaryl/α,β-unsaturated/α-hetero) is 1. The van der Waals surface area contributed by atoms with Gasteiger partial charge in [0.15, 0.2) is 11.5 Å². The highest BCUT2D eigenvalue weighted by Crippen LogP contribution is 2.24. The van der Waals surface area contributed by atoms with E-state index >= 15 is 0 Å². The van der Waals surface area contributed by atoms with Gasteiger partial charge >= 0.3 is 5.91 Å². The normalized spacial score (nSPS) is 9.20. The smallest absolute Gasteiger partial charge is 0.319 e. The molecule has 0 atom stereocenters. The number of hydroxylamine groups is 1. The predicted octanol–water partition coefficient (Wildman–Crippen LogP) is 0.694. The molecule has 0 unspecified atom stereocenters. The fourth-order valence-electron chi connectivity index (χ4n) is 0.876. The molecular weight excluding hydrogens is 198 g/mol. The molecule has 0 aliphatic carbocycles. The largest absolute Gasteiger partial charge is 0.493 e. The Morgan fingerprint density at radius 3 is 2.33 bits per heavy atom. The van der Waals surface area contributed by atoms with Crippen molar-refractivity contribution in [2.45, 2.75) is 6.92 Å². The molecule has 1 rings (SSSR count). The Morgan fingerprint density at radius 1 is 1.20 bits per heavy atom. The molecule has 0 aliphatic heterocycles. The molecule has 0 aromatic heterocycles. The lowest BCUT2D eigenvalue weighted by molar-refractivity contribution is -0.141.